The summed E-state index contributed by atoms with van der Waals surface area (Å²) in [5.74, 6) is 20.6. The van der Waals surface area contributed by atoms with Gasteiger partial charge in [-0.25, -0.2) is 14.8 Å². The Balaban J connectivity index is 0.000000628. The number of rotatable bonds is 1. The van der Waals surface area contributed by atoms with Crippen molar-refractivity contribution in [3.63, 3.8) is 0 Å². The number of cyclic esters (lactones) is 1. The van der Waals surface area contributed by atoms with Crippen molar-refractivity contribution in [2.75, 3.05) is 13.1 Å². The molecule has 10 heterocycles. The van der Waals surface area contributed by atoms with Crippen molar-refractivity contribution in [1.82, 2.24) is 64.5 Å². The molecule has 1 unspecified atom stereocenters. The molecule has 2 N–H and O–H groups in total. The fourth-order valence-corrected chi connectivity index (χ4v) is 9.83. The first kappa shape index (κ1) is 100.0. The van der Waals surface area contributed by atoms with E-state index in [0.717, 1.165) is 88.6 Å². The van der Waals surface area contributed by atoms with E-state index in [1.165, 1.54) is 11.6 Å². The fourth-order valence-electron chi connectivity index (χ4n) is 9.83. The van der Waals surface area contributed by atoms with Crippen molar-refractivity contribution in [3.8, 4) is 86.4 Å². The summed E-state index contributed by atoms with van der Waals surface area (Å²) in [6, 6.07) is 7.56. The molecule has 7 aromatic rings. The lowest BCUT2D eigenvalue weighted by Crippen LogP contribution is -2.46. The zero-order valence-electron chi connectivity index (χ0n) is 74.6. The summed E-state index contributed by atoms with van der Waals surface area (Å²) in [6.07, 6.45) is 55.0. The number of H-pyrrole nitrogens is 2. The second-order valence-corrected chi connectivity index (χ2v) is 37.5. The lowest BCUT2D eigenvalue weighted by molar-refractivity contribution is -0.149. The predicted octanol–water partition coefficient (Wildman–Crippen LogP) is 18.6. The topological polar surface area (TPSA) is 222 Å². The Labute approximate surface area is 679 Å². The molecule has 7 aromatic heterocycles. The maximum atomic E-state index is 11.3. The smallest absolute Gasteiger partial charge is 0.330 e. The number of aromatic amines is 2. The molecule has 0 saturated heterocycles. The number of esters is 1. The van der Waals surface area contributed by atoms with E-state index in [0.29, 0.717) is 23.0 Å². The highest BCUT2D eigenvalue weighted by Crippen LogP contribution is 2.31. The standard InChI is InChI=1S/3C10H14N2.C10H13N.2C9H12N2.C9H15NO.C9H13NO.C9H11NO.C9H14O2/c1-6-9-11-8(7-12(9)5)10(2,3)4;1-6-9-8(10(2,3)4)7-12(5)11-9;1-6-8-7-9(10(2,3)4)12(5)11-8;1-5-9-8(6-7-11-9)10(2,3)4;1-5-8-10-6-7(11-8)9(2,3)4;1-5-7-6-8(11-10-7)9(2,3)4;1-9(2,3)10-7-5-4-6-8(10)11;2*1-5-7-6-8(11-10-7)9(2,3)4;1-9(2,3)7-5-4-6-8(10)11-7/h3*1,7H,2-5H3;1,6H,7H2,2-4H3;2*1,6H,2-4H3,(H,10,11);4,6H,5,7H2,1-3H3;5-6H,1H2,2-4H3;1,6H,2-4H3;4,6-7H,5H2,1-3H3. The molecular weight excluding hydrogens is 1410 g/mol. The second-order valence-electron chi connectivity index (χ2n) is 37.5. The number of carbonyl (C=O) groups excluding carboxylic acids is 2. The molecule has 19 heteroatoms. The van der Waals surface area contributed by atoms with E-state index in [1.807, 2.05) is 98.8 Å². The lowest BCUT2D eigenvalue weighted by Gasteiger charge is -2.36. The van der Waals surface area contributed by atoms with Gasteiger partial charge >= 0.3 is 5.97 Å². The Morgan fingerprint density at radius 1 is 0.575 bits per heavy atom. The first-order valence-electron chi connectivity index (χ1n) is 37.7. The van der Waals surface area contributed by atoms with Gasteiger partial charge in [-0.15, -0.1) is 45.0 Å². The van der Waals surface area contributed by atoms with E-state index in [2.05, 4.69) is 292 Å². The number of amides is 1. The zero-order chi connectivity index (χ0) is 87.4. The Hall–Kier alpha value is -11.0. The Kier molecular flexibility index (Phi) is 37.2. The van der Waals surface area contributed by atoms with Crippen LogP contribution in [-0.4, -0.2) is 107 Å². The summed E-state index contributed by atoms with van der Waals surface area (Å²) < 4.78 is 20.7. The average molecular weight is 1540 g/mol. The Morgan fingerprint density at radius 2 is 1.15 bits per heavy atom. The molecule has 0 aliphatic carbocycles. The van der Waals surface area contributed by atoms with Gasteiger partial charge in [0.1, 0.15) is 46.1 Å². The minimum Gasteiger partial charge on any atom is -0.458 e. The van der Waals surface area contributed by atoms with Gasteiger partial charge in [-0.2, -0.15) is 15.3 Å². The molecule has 0 saturated carbocycles. The van der Waals surface area contributed by atoms with Crippen molar-refractivity contribution in [2.24, 2.45) is 37.0 Å². The van der Waals surface area contributed by atoms with Crippen LogP contribution in [0.1, 0.15) is 301 Å². The van der Waals surface area contributed by atoms with Gasteiger partial charge in [0.15, 0.2) is 17.3 Å². The van der Waals surface area contributed by atoms with Crippen LogP contribution >= 0.6 is 0 Å². The number of terminal acetylenes is 7. The maximum Gasteiger partial charge on any atom is 0.330 e. The van der Waals surface area contributed by atoms with Crippen LogP contribution in [0.3, 0.4) is 0 Å². The number of carbonyl (C=O) groups is 2. The number of aliphatic imine (C=N–C) groups is 1. The molecule has 1 amide bonds. The SMILES string of the molecule is C#CC1=NCC=C1C(C)(C)C.C#Cc1cc(C(C)(C)C)n(C)n1.C#Cc1cc(C(C)(C)C)n[nH]1.C#Cc1cc(C(C)(C)C)on1.C#Cc1nc(C(C)(C)C)cn1C.C#Cc1ncc(C(C)(C)C)[nH]1.C#Cc1nn(C)cc1C(C)(C)C.C=Cc1cc(C(C)(C)C)on1.CC(C)(C)C1CC=CC(=O)O1.CC(C)(C)N1CCC=CC1=O. The number of nitrogens with one attached hydrogen (secondary N) is 2. The van der Waals surface area contributed by atoms with Gasteiger partial charge in [-0.3, -0.25) is 24.2 Å². The van der Waals surface area contributed by atoms with Crippen LogP contribution in [0.15, 0.2) is 99.4 Å². The minimum absolute atomic E-state index is 0.0118. The highest BCUT2D eigenvalue weighted by atomic mass is 16.5. The summed E-state index contributed by atoms with van der Waals surface area (Å²) in [7, 11) is 5.72. The van der Waals surface area contributed by atoms with E-state index in [1.54, 1.807) is 29.1 Å². The van der Waals surface area contributed by atoms with Gasteiger partial charge < -0.3 is 28.2 Å². The zero-order valence-corrected chi connectivity index (χ0v) is 74.6. The van der Waals surface area contributed by atoms with Gasteiger partial charge in [0, 0.05) is 126 Å². The fraction of sp³-hybridized carbons (Fsp3) is 0.511. The number of imidazole rings is 2. The Bertz CT molecular complexity index is 4520. The lowest BCUT2D eigenvalue weighted by atomic mass is 9.84. The summed E-state index contributed by atoms with van der Waals surface area (Å²) in [5.41, 5.74) is 11.7. The first-order chi connectivity index (χ1) is 51.6. The first-order valence-corrected chi connectivity index (χ1v) is 37.7. The van der Waals surface area contributed by atoms with Crippen LogP contribution in [0.25, 0.3) is 6.08 Å². The van der Waals surface area contributed by atoms with Gasteiger partial charge in [0.25, 0.3) is 0 Å². The summed E-state index contributed by atoms with van der Waals surface area (Å²) in [4.78, 5) is 39.6. The largest absolute Gasteiger partial charge is 0.458 e. The quantitative estimate of drug-likeness (QED) is 0.116. The molecule has 0 radical (unpaired) electrons. The molecule has 113 heavy (non-hydrogen) atoms. The van der Waals surface area contributed by atoms with Crippen LogP contribution in [-0.2, 0) is 73.4 Å². The summed E-state index contributed by atoms with van der Waals surface area (Å²) in [5, 5.41) is 22.7. The minimum atomic E-state index is -0.212. The second kappa shape index (κ2) is 42.0. The van der Waals surface area contributed by atoms with Crippen molar-refractivity contribution in [1.29, 1.82) is 0 Å². The molecule has 0 aromatic carbocycles. The number of hydrogen-bond acceptors (Lipinski definition) is 13. The predicted molar refractivity (Wildman–Crippen MR) is 465 cm³/mol. The third-order valence-electron chi connectivity index (χ3n) is 16.7. The molecular formula is C94H132N14O5. The molecule has 10 rings (SSSR count). The number of hydrogen-bond donors (Lipinski definition) is 2. The monoisotopic (exact) mass is 1540 g/mol. The number of nitrogens with zero attached hydrogens (tertiary/aromatic N) is 12. The third-order valence-corrected chi connectivity index (χ3v) is 16.7. The van der Waals surface area contributed by atoms with Gasteiger partial charge in [0.2, 0.25) is 5.91 Å². The highest BCUT2D eigenvalue weighted by molar-refractivity contribution is 6.14. The molecule has 3 aliphatic heterocycles. The number of aryl methyl sites for hydroxylation is 3. The normalized spacial score (nSPS) is 13.9. The maximum absolute atomic E-state index is 11.3. The molecule has 608 valence electrons. The van der Waals surface area contributed by atoms with Gasteiger partial charge in [0.05, 0.1) is 17.9 Å². The van der Waals surface area contributed by atoms with Crippen LogP contribution < -0.4 is 0 Å². The van der Waals surface area contributed by atoms with Crippen LogP contribution in [0.5, 0.6) is 0 Å². The molecule has 0 bridgehead atoms. The molecule has 3 aliphatic rings. The van der Waals surface area contributed by atoms with E-state index in [4.69, 9.17) is 58.7 Å². The Morgan fingerprint density at radius 3 is 1.45 bits per heavy atom. The average Bonchev–Trinajstić information content (AvgIpc) is 1.74. The molecule has 19 nitrogen and oxygen atoms in total. The molecule has 0 fully saturated rings. The van der Waals surface area contributed by atoms with Crippen LogP contribution in [0.2, 0.25) is 0 Å². The number of allylic oxidation sites excluding steroid dienone is 1. The number of aromatic nitrogens is 12. The van der Waals surface area contributed by atoms with Crippen molar-refractivity contribution in [2.45, 2.75) is 270 Å². The molecule has 1 atom stereocenters. The van der Waals surface area contributed by atoms with E-state index >= 15 is 0 Å². The van der Waals surface area contributed by atoms with E-state index in [9.17, 15) is 9.59 Å². The van der Waals surface area contributed by atoms with Crippen molar-refractivity contribution in [3.05, 3.63) is 165 Å². The van der Waals surface area contributed by atoms with Gasteiger partial charge in [-0.1, -0.05) is 234 Å². The highest BCUT2D eigenvalue weighted by Gasteiger charge is 2.30. The molecule has 0 spiro atoms. The van der Waals surface area contributed by atoms with Gasteiger partial charge in [-0.05, 0) is 103 Å². The van der Waals surface area contributed by atoms with Crippen LogP contribution in [0, 0.1) is 97.2 Å². The summed E-state index contributed by atoms with van der Waals surface area (Å²) in [6.45, 7) is 68.3. The van der Waals surface area contributed by atoms with Crippen molar-refractivity contribution >= 4 is 23.7 Å². The third kappa shape index (κ3) is 35.0. The summed E-state index contributed by atoms with van der Waals surface area (Å²) >= 11 is 0. The van der Waals surface area contributed by atoms with Crippen LogP contribution in [0.4, 0.5) is 0 Å². The van der Waals surface area contributed by atoms with E-state index < -0.39 is 0 Å². The van der Waals surface area contributed by atoms with E-state index in [-0.39, 0.29) is 72.3 Å². The number of ether oxygens (including phenoxy) is 1. The van der Waals surface area contributed by atoms with Crippen molar-refractivity contribution < 1.29 is 23.4 Å².